The molecule has 3 aromatic carbocycles. The molecule has 0 fully saturated rings. The molecule has 1 unspecified atom stereocenters. The Morgan fingerprint density at radius 2 is 1.64 bits per heavy atom. The summed E-state index contributed by atoms with van der Waals surface area (Å²) in [5.74, 6) is 1.64. The van der Waals surface area contributed by atoms with Gasteiger partial charge in [0.1, 0.15) is 11.5 Å². The number of ether oxygens (including phenoxy) is 2. The molecule has 0 aromatic heterocycles. The average Bonchev–Trinajstić information content (AvgIpc) is 2.71. The first-order valence-electron chi connectivity index (χ1n) is 9.66. The zero-order valence-electron chi connectivity index (χ0n) is 16.7. The Balaban J connectivity index is 1.63. The van der Waals surface area contributed by atoms with Gasteiger partial charge >= 0.3 is 0 Å². The van der Waals surface area contributed by atoms with Crippen LogP contribution in [-0.2, 0) is 16.8 Å². The van der Waals surface area contributed by atoms with Gasteiger partial charge in [0.25, 0.3) is 0 Å². The van der Waals surface area contributed by atoms with Gasteiger partial charge in [0.05, 0.1) is 13.2 Å². The lowest BCUT2D eigenvalue weighted by atomic mass is 9.80. The highest BCUT2D eigenvalue weighted by atomic mass is 35.5. The van der Waals surface area contributed by atoms with Crippen molar-refractivity contribution < 1.29 is 9.47 Å². The maximum absolute atomic E-state index is 6.34. The number of hydrogen-bond donors (Lipinski definition) is 0. The molecule has 0 aliphatic carbocycles. The molecule has 0 spiro atoms. The van der Waals surface area contributed by atoms with Crippen molar-refractivity contribution in [2.75, 3.05) is 6.61 Å². The monoisotopic (exact) mass is 394 g/mol. The third kappa shape index (κ3) is 5.15. The largest absolute Gasteiger partial charge is 0.457 e. The van der Waals surface area contributed by atoms with Crippen LogP contribution in [0.25, 0.3) is 0 Å². The van der Waals surface area contributed by atoms with Gasteiger partial charge in [-0.3, -0.25) is 0 Å². The Bertz CT molecular complexity index is 907. The van der Waals surface area contributed by atoms with Gasteiger partial charge in [0.2, 0.25) is 0 Å². The van der Waals surface area contributed by atoms with Crippen molar-refractivity contribution in [3.63, 3.8) is 0 Å². The van der Waals surface area contributed by atoms with Crippen molar-refractivity contribution in [1.29, 1.82) is 0 Å². The van der Waals surface area contributed by atoms with Crippen LogP contribution in [0.15, 0.2) is 72.8 Å². The van der Waals surface area contributed by atoms with Crippen molar-refractivity contribution in [2.24, 2.45) is 0 Å². The predicted molar refractivity (Wildman–Crippen MR) is 116 cm³/mol. The Kier molecular flexibility index (Phi) is 6.77. The maximum Gasteiger partial charge on any atom is 0.127 e. The minimum atomic E-state index is -0.0739. The summed E-state index contributed by atoms with van der Waals surface area (Å²) in [6.45, 7) is 7.61. The van der Waals surface area contributed by atoms with Crippen molar-refractivity contribution >= 4 is 11.6 Å². The Hall–Kier alpha value is -2.29. The van der Waals surface area contributed by atoms with E-state index in [2.05, 4.69) is 38.1 Å². The summed E-state index contributed by atoms with van der Waals surface area (Å²) >= 11 is 6.34. The molecule has 3 rings (SSSR count). The van der Waals surface area contributed by atoms with E-state index in [4.69, 9.17) is 21.1 Å². The quantitative estimate of drug-likeness (QED) is 0.398. The second-order valence-corrected chi connectivity index (χ2v) is 7.84. The summed E-state index contributed by atoms with van der Waals surface area (Å²) < 4.78 is 12.0. The second-order valence-electron chi connectivity index (χ2n) is 7.43. The van der Waals surface area contributed by atoms with Crippen LogP contribution in [0.3, 0.4) is 0 Å². The number of hydrogen-bond acceptors (Lipinski definition) is 2. The van der Waals surface area contributed by atoms with Crippen LogP contribution < -0.4 is 4.74 Å². The molecule has 3 heteroatoms. The molecular formula is C25H27ClO2. The van der Waals surface area contributed by atoms with Crippen molar-refractivity contribution in [3.05, 3.63) is 94.5 Å². The molecule has 0 bridgehead atoms. The van der Waals surface area contributed by atoms with E-state index < -0.39 is 0 Å². The van der Waals surface area contributed by atoms with Gasteiger partial charge in [-0.05, 0) is 60.4 Å². The molecule has 0 amide bonds. The fourth-order valence-electron chi connectivity index (χ4n) is 3.08. The third-order valence-electron chi connectivity index (χ3n) is 5.22. The average molecular weight is 395 g/mol. The van der Waals surface area contributed by atoms with E-state index in [0.717, 1.165) is 34.1 Å². The first kappa shape index (κ1) is 20.4. The SMILES string of the molecule is CCC(C)(COCc1cccc(Oc2ccccc2)c1)c1ccc(C)c(Cl)c1. The molecule has 0 radical (unpaired) electrons. The van der Waals surface area contributed by atoms with Crippen LogP contribution in [0, 0.1) is 6.92 Å². The molecule has 0 aliphatic heterocycles. The van der Waals surface area contributed by atoms with Gasteiger partial charge < -0.3 is 9.47 Å². The van der Waals surface area contributed by atoms with Crippen molar-refractivity contribution in [2.45, 2.75) is 39.2 Å². The lowest BCUT2D eigenvalue weighted by molar-refractivity contribution is 0.0747. The molecule has 0 aliphatic rings. The summed E-state index contributed by atoms with van der Waals surface area (Å²) in [5.41, 5.74) is 3.33. The third-order valence-corrected chi connectivity index (χ3v) is 5.62. The number of para-hydroxylation sites is 1. The van der Waals surface area contributed by atoms with E-state index in [1.807, 2.05) is 55.5 Å². The highest BCUT2D eigenvalue weighted by Crippen LogP contribution is 2.31. The standard InChI is InChI=1S/C25H27ClO2/c1-4-25(3,21-14-13-19(2)24(26)16-21)18-27-17-20-9-8-12-23(15-20)28-22-10-6-5-7-11-22/h5-16H,4,17-18H2,1-3H3. The number of halogens is 1. The normalized spacial score (nSPS) is 13.1. The summed E-state index contributed by atoms with van der Waals surface area (Å²) in [5, 5.41) is 0.808. The molecule has 0 N–H and O–H groups in total. The predicted octanol–water partition coefficient (Wildman–Crippen LogP) is 7.33. The highest BCUT2D eigenvalue weighted by Gasteiger charge is 2.25. The number of rotatable bonds is 8. The van der Waals surface area contributed by atoms with E-state index >= 15 is 0 Å². The first-order valence-corrected chi connectivity index (χ1v) is 10.0. The van der Waals surface area contributed by atoms with Crippen molar-refractivity contribution in [3.8, 4) is 11.5 Å². The lowest BCUT2D eigenvalue weighted by Gasteiger charge is -2.29. The van der Waals surface area contributed by atoms with E-state index in [0.29, 0.717) is 13.2 Å². The fourth-order valence-corrected chi connectivity index (χ4v) is 3.26. The summed E-state index contributed by atoms with van der Waals surface area (Å²) in [6, 6.07) is 24.1. The van der Waals surface area contributed by atoms with Gasteiger partial charge in [0, 0.05) is 10.4 Å². The molecule has 146 valence electrons. The Morgan fingerprint density at radius 3 is 2.36 bits per heavy atom. The summed E-state index contributed by atoms with van der Waals surface area (Å²) in [4.78, 5) is 0. The first-order chi connectivity index (χ1) is 13.5. The maximum atomic E-state index is 6.34. The summed E-state index contributed by atoms with van der Waals surface area (Å²) in [6.07, 6.45) is 0.976. The van der Waals surface area contributed by atoms with Gasteiger partial charge in [-0.25, -0.2) is 0 Å². The smallest absolute Gasteiger partial charge is 0.127 e. The number of benzene rings is 3. The molecule has 28 heavy (non-hydrogen) atoms. The topological polar surface area (TPSA) is 18.5 Å². The van der Waals surface area contributed by atoms with Crippen LogP contribution in [-0.4, -0.2) is 6.61 Å². The molecular weight excluding hydrogens is 368 g/mol. The van der Waals surface area contributed by atoms with Crippen LogP contribution in [0.2, 0.25) is 5.02 Å². The second kappa shape index (κ2) is 9.27. The van der Waals surface area contributed by atoms with Crippen molar-refractivity contribution in [1.82, 2.24) is 0 Å². The van der Waals surface area contributed by atoms with Gasteiger partial charge in [0.15, 0.2) is 0 Å². The Morgan fingerprint density at radius 1 is 0.893 bits per heavy atom. The fraction of sp³-hybridized carbons (Fsp3) is 0.280. The molecule has 1 atom stereocenters. The zero-order valence-corrected chi connectivity index (χ0v) is 17.5. The molecule has 0 saturated carbocycles. The van der Waals surface area contributed by atoms with Gasteiger partial charge in [-0.15, -0.1) is 0 Å². The lowest BCUT2D eigenvalue weighted by Crippen LogP contribution is -2.27. The summed E-state index contributed by atoms with van der Waals surface area (Å²) in [7, 11) is 0. The van der Waals surface area contributed by atoms with E-state index in [1.54, 1.807) is 0 Å². The molecule has 2 nitrogen and oxygen atoms in total. The van der Waals surface area contributed by atoms with Gasteiger partial charge in [-0.1, -0.05) is 67.9 Å². The van der Waals surface area contributed by atoms with E-state index in [1.165, 1.54) is 5.56 Å². The van der Waals surface area contributed by atoms with Crippen LogP contribution in [0.5, 0.6) is 11.5 Å². The van der Waals surface area contributed by atoms with Crippen LogP contribution in [0.1, 0.15) is 37.0 Å². The highest BCUT2D eigenvalue weighted by molar-refractivity contribution is 6.31. The van der Waals surface area contributed by atoms with E-state index in [9.17, 15) is 0 Å². The number of aryl methyl sites for hydroxylation is 1. The van der Waals surface area contributed by atoms with Crippen LogP contribution >= 0.6 is 11.6 Å². The Labute approximate surface area is 173 Å². The van der Waals surface area contributed by atoms with Crippen LogP contribution in [0.4, 0.5) is 0 Å². The molecule has 0 saturated heterocycles. The zero-order chi connectivity index (χ0) is 20.0. The molecule has 0 heterocycles. The minimum Gasteiger partial charge on any atom is -0.457 e. The molecule has 3 aromatic rings. The van der Waals surface area contributed by atoms with E-state index in [-0.39, 0.29) is 5.41 Å². The minimum absolute atomic E-state index is 0.0739. The van der Waals surface area contributed by atoms with Gasteiger partial charge in [-0.2, -0.15) is 0 Å².